The molecular weight excluding hydrogens is 280 g/mol. The highest BCUT2D eigenvalue weighted by molar-refractivity contribution is 7.09. The van der Waals surface area contributed by atoms with Gasteiger partial charge in [0.25, 0.3) is 0 Å². The van der Waals surface area contributed by atoms with Crippen molar-refractivity contribution in [1.82, 2.24) is 14.5 Å². The molecule has 0 saturated heterocycles. The second-order valence-electron chi connectivity index (χ2n) is 5.31. The van der Waals surface area contributed by atoms with Crippen LogP contribution in [0.15, 0.2) is 36.1 Å². The van der Waals surface area contributed by atoms with E-state index in [1.807, 2.05) is 19.4 Å². The number of benzene rings is 1. The first-order chi connectivity index (χ1) is 10.3. The number of aryl methyl sites for hydroxylation is 1. The summed E-state index contributed by atoms with van der Waals surface area (Å²) in [6.45, 7) is 3.83. The van der Waals surface area contributed by atoms with Crippen molar-refractivity contribution < 1.29 is 0 Å². The number of rotatable bonds is 3. The Kier molecular flexibility index (Phi) is 3.00. The summed E-state index contributed by atoms with van der Waals surface area (Å²) in [5, 5.41) is 6.71. The summed E-state index contributed by atoms with van der Waals surface area (Å²) >= 11 is 1.70. The lowest BCUT2D eigenvalue weighted by atomic mass is 10.1. The molecule has 1 aliphatic heterocycles. The molecule has 0 aliphatic carbocycles. The van der Waals surface area contributed by atoms with Gasteiger partial charge in [-0.15, -0.1) is 11.3 Å². The van der Waals surface area contributed by atoms with Crippen LogP contribution in [0.3, 0.4) is 0 Å². The highest BCUT2D eigenvalue weighted by atomic mass is 32.1. The van der Waals surface area contributed by atoms with E-state index in [0.29, 0.717) is 0 Å². The normalized spacial score (nSPS) is 13.2. The zero-order valence-corrected chi connectivity index (χ0v) is 12.7. The van der Waals surface area contributed by atoms with E-state index in [-0.39, 0.29) is 0 Å². The average molecular weight is 296 g/mol. The Labute approximate surface area is 127 Å². The van der Waals surface area contributed by atoms with Crippen molar-refractivity contribution in [3.8, 4) is 11.3 Å². The van der Waals surface area contributed by atoms with E-state index in [9.17, 15) is 0 Å². The minimum Gasteiger partial charge on any atom is -0.384 e. The van der Waals surface area contributed by atoms with Crippen LogP contribution in [-0.4, -0.2) is 21.1 Å². The molecule has 1 N–H and O–H groups in total. The summed E-state index contributed by atoms with van der Waals surface area (Å²) in [7, 11) is 0. The highest BCUT2D eigenvalue weighted by Crippen LogP contribution is 2.34. The van der Waals surface area contributed by atoms with Crippen molar-refractivity contribution >= 4 is 17.0 Å². The molecule has 0 unspecified atom stereocenters. The van der Waals surface area contributed by atoms with Crippen LogP contribution in [0.25, 0.3) is 11.3 Å². The number of para-hydroxylation sites is 1. The Morgan fingerprint density at radius 2 is 2.33 bits per heavy atom. The van der Waals surface area contributed by atoms with Crippen molar-refractivity contribution in [2.45, 2.75) is 19.9 Å². The minimum absolute atomic E-state index is 0.775. The summed E-state index contributed by atoms with van der Waals surface area (Å²) in [4.78, 5) is 8.89. The molecule has 3 aromatic rings. The van der Waals surface area contributed by atoms with Crippen LogP contribution in [0.1, 0.15) is 16.3 Å². The predicted octanol–water partition coefficient (Wildman–Crippen LogP) is 3.33. The van der Waals surface area contributed by atoms with Crippen LogP contribution in [0.5, 0.6) is 0 Å². The zero-order valence-electron chi connectivity index (χ0n) is 11.8. The van der Waals surface area contributed by atoms with E-state index in [0.717, 1.165) is 35.9 Å². The first-order valence-corrected chi connectivity index (χ1v) is 7.96. The standard InChI is InChI=1S/C16H16N4S/c1-11-9-21-15(19-11)8-20-10-17-7-14(20)13-4-2-3-12-5-6-18-16(12)13/h2-4,7,9-10,18H,5-6,8H2,1H3. The van der Waals surface area contributed by atoms with Crippen molar-refractivity contribution in [3.63, 3.8) is 0 Å². The maximum absolute atomic E-state index is 4.55. The molecule has 106 valence electrons. The van der Waals surface area contributed by atoms with Crippen molar-refractivity contribution in [1.29, 1.82) is 0 Å². The lowest BCUT2D eigenvalue weighted by molar-refractivity contribution is 0.795. The second kappa shape index (κ2) is 5.00. The molecule has 0 fully saturated rings. The van der Waals surface area contributed by atoms with Crippen LogP contribution >= 0.6 is 11.3 Å². The molecule has 0 radical (unpaired) electrons. The number of aromatic nitrogens is 3. The van der Waals surface area contributed by atoms with Gasteiger partial charge in [0.2, 0.25) is 0 Å². The van der Waals surface area contributed by atoms with E-state index in [4.69, 9.17) is 0 Å². The fraction of sp³-hybridized carbons (Fsp3) is 0.250. The summed E-state index contributed by atoms with van der Waals surface area (Å²) in [6.07, 6.45) is 4.93. The van der Waals surface area contributed by atoms with Crippen molar-refractivity contribution in [2.24, 2.45) is 0 Å². The number of imidazole rings is 1. The Balaban J connectivity index is 1.74. The molecule has 3 heterocycles. The number of nitrogens with one attached hydrogen (secondary N) is 1. The number of thiazole rings is 1. The van der Waals surface area contributed by atoms with Gasteiger partial charge in [-0.05, 0) is 18.9 Å². The molecule has 1 aromatic carbocycles. The fourth-order valence-corrected chi connectivity index (χ4v) is 3.61. The van der Waals surface area contributed by atoms with Gasteiger partial charge in [0.05, 0.1) is 24.8 Å². The van der Waals surface area contributed by atoms with Gasteiger partial charge >= 0.3 is 0 Å². The van der Waals surface area contributed by atoms with Crippen LogP contribution in [0, 0.1) is 6.92 Å². The summed E-state index contributed by atoms with van der Waals surface area (Å²) < 4.78 is 2.17. The van der Waals surface area contributed by atoms with Crippen LogP contribution < -0.4 is 5.32 Å². The number of hydrogen-bond donors (Lipinski definition) is 1. The lowest BCUT2D eigenvalue weighted by Crippen LogP contribution is -2.01. The van der Waals surface area contributed by atoms with Gasteiger partial charge < -0.3 is 9.88 Å². The topological polar surface area (TPSA) is 42.7 Å². The van der Waals surface area contributed by atoms with E-state index in [2.05, 4.69) is 43.4 Å². The molecule has 0 atom stereocenters. The van der Waals surface area contributed by atoms with Crippen molar-refractivity contribution in [3.05, 3.63) is 52.4 Å². The van der Waals surface area contributed by atoms with Gasteiger partial charge in [-0.3, -0.25) is 0 Å². The molecule has 1 aliphatic rings. The van der Waals surface area contributed by atoms with Gasteiger partial charge in [-0.25, -0.2) is 9.97 Å². The Morgan fingerprint density at radius 1 is 1.38 bits per heavy atom. The molecule has 0 amide bonds. The minimum atomic E-state index is 0.775. The van der Waals surface area contributed by atoms with Gasteiger partial charge in [-0.1, -0.05) is 18.2 Å². The van der Waals surface area contributed by atoms with Gasteiger partial charge in [-0.2, -0.15) is 0 Å². The Morgan fingerprint density at radius 3 is 3.19 bits per heavy atom. The smallest absolute Gasteiger partial charge is 0.113 e. The molecule has 5 heteroatoms. The fourth-order valence-electron chi connectivity index (χ4n) is 2.84. The molecule has 4 nitrogen and oxygen atoms in total. The lowest BCUT2D eigenvalue weighted by Gasteiger charge is -2.11. The molecule has 0 bridgehead atoms. The zero-order chi connectivity index (χ0) is 14.2. The van der Waals surface area contributed by atoms with Gasteiger partial charge in [0, 0.05) is 28.9 Å². The highest BCUT2D eigenvalue weighted by Gasteiger charge is 2.17. The Hall–Kier alpha value is -2.14. The number of hydrogen-bond acceptors (Lipinski definition) is 4. The van der Waals surface area contributed by atoms with Crippen LogP contribution in [0.4, 0.5) is 5.69 Å². The second-order valence-corrected chi connectivity index (χ2v) is 6.25. The van der Waals surface area contributed by atoms with E-state index in [1.165, 1.54) is 16.8 Å². The molecular formula is C16H16N4S. The van der Waals surface area contributed by atoms with E-state index < -0.39 is 0 Å². The SMILES string of the molecule is Cc1csc(Cn2cncc2-c2cccc3c2NCC3)n1. The maximum Gasteiger partial charge on any atom is 0.113 e. The third-order valence-electron chi connectivity index (χ3n) is 3.81. The summed E-state index contributed by atoms with van der Waals surface area (Å²) in [6, 6.07) is 6.49. The first kappa shape index (κ1) is 12.6. The third kappa shape index (κ3) is 2.23. The predicted molar refractivity (Wildman–Crippen MR) is 85.8 cm³/mol. The average Bonchev–Trinajstić information content (AvgIpc) is 3.19. The quantitative estimate of drug-likeness (QED) is 0.806. The number of nitrogens with zero attached hydrogens (tertiary/aromatic N) is 3. The third-order valence-corrected chi connectivity index (χ3v) is 4.76. The summed E-state index contributed by atoms with van der Waals surface area (Å²) in [5.74, 6) is 0. The molecule has 21 heavy (non-hydrogen) atoms. The molecule has 4 rings (SSSR count). The number of fused-ring (bicyclic) bond motifs is 1. The van der Waals surface area contributed by atoms with Crippen LogP contribution in [0.2, 0.25) is 0 Å². The number of anilines is 1. The molecule has 0 spiro atoms. The molecule has 2 aromatic heterocycles. The van der Waals surface area contributed by atoms with Crippen LogP contribution in [-0.2, 0) is 13.0 Å². The van der Waals surface area contributed by atoms with E-state index >= 15 is 0 Å². The summed E-state index contributed by atoms with van der Waals surface area (Å²) in [5.41, 5.74) is 6.11. The van der Waals surface area contributed by atoms with Gasteiger partial charge in [0.1, 0.15) is 5.01 Å². The molecule has 0 saturated carbocycles. The van der Waals surface area contributed by atoms with Crippen molar-refractivity contribution in [2.75, 3.05) is 11.9 Å². The van der Waals surface area contributed by atoms with Gasteiger partial charge in [0.15, 0.2) is 0 Å². The Bertz CT molecular complexity index is 787. The monoisotopic (exact) mass is 296 g/mol. The first-order valence-electron chi connectivity index (χ1n) is 7.08. The largest absolute Gasteiger partial charge is 0.384 e. The van der Waals surface area contributed by atoms with E-state index in [1.54, 1.807) is 11.3 Å². The maximum atomic E-state index is 4.55.